The SMILES string of the molecule is CC(C)(C(=O)NCC1(CO)CCCCC1)S(C)(=O)=O. The number of amides is 1. The van der Waals surface area contributed by atoms with Crippen LogP contribution in [0.2, 0.25) is 0 Å². The molecule has 1 aliphatic carbocycles. The van der Waals surface area contributed by atoms with Crippen molar-refractivity contribution in [2.75, 3.05) is 19.4 Å². The Morgan fingerprint density at radius 1 is 1.26 bits per heavy atom. The highest BCUT2D eigenvalue weighted by Crippen LogP contribution is 2.35. The van der Waals surface area contributed by atoms with Gasteiger partial charge in [0.2, 0.25) is 5.91 Å². The molecule has 5 nitrogen and oxygen atoms in total. The van der Waals surface area contributed by atoms with E-state index in [1.807, 2.05) is 0 Å². The summed E-state index contributed by atoms with van der Waals surface area (Å²) in [5.41, 5.74) is -0.276. The van der Waals surface area contributed by atoms with Gasteiger partial charge < -0.3 is 10.4 Å². The summed E-state index contributed by atoms with van der Waals surface area (Å²) in [4.78, 5) is 12.0. The Hall–Kier alpha value is -0.620. The fraction of sp³-hybridized carbons (Fsp3) is 0.923. The summed E-state index contributed by atoms with van der Waals surface area (Å²) in [6.07, 6.45) is 6.07. The molecule has 0 aromatic heterocycles. The Morgan fingerprint density at radius 3 is 2.21 bits per heavy atom. The Morgan fingerprint density at radius 2 is 1.79 bits per heavy atom. The number of carbonyl (C=O) groups is 1. The van der Waals surface area contributed by atoms with Crippen LogP contribution < -0.4 is 5.32 Å². The maximum Gasteiger partial charge on any atom is 0.240 e. The van der Waals surface area contributed by atoms with Crippen molar-refractivity contribution in [3.8, 4) is 0 Å². The van der Waals surface area contributed by atoms with Gasteiger partial charge in [-0.25, -0.2) is 8.42 Å². The minimum Gasteiger partial charge on any atom is -0.396 e. The van der Waals surface area contributed by atoms with Gasteiger partial charge in [0.15, 0.2) is 9.84 Å². The number of nitrogens with one attached hydrogen (secondary N) is 1. The van der Waals surface area contributed by atoms with Crippen LogP contribution in [0.5, 0.6) is 0 Å². The Bertz CT molecular complexity index is 422. The third-order valence-electron chi connectivity index (χ3n) is 4.35. The number of carbonyl (C=O) groups excluding carboxylic acids is 1. The second-order valence-corrected chi connectivity index (χ2v) is 8.75. The van der Waals surface area contributed by atoms with E-state index in [1.54, 1.807) is 0 Å². The number of aliphatic hydroxyl groups excluding tert-OH is 1. The lowest BCUT2D eigenvalue weighted by molar-refractivity contribution is -0.123. The summed E-state index contributed by atoms with van der Waals surface area (Å²) in [6, 6.07) is 0. The van der Waals surface area contributed by atoms with Gasteiger partial charge in [-0.15, -0.1) is 0 Å². The van der Waals surface area contributed by atoms with E-state index in [0.29, 0.717) is 6.54 Å². The van der Waals surface area contributed by atoms with E-state index in [9.17, 15) is 18.3 Å². The molecule has 0 aromatic rings. The molecule has 0 radical (unpaired) electrons. The highest BCUT2D eigenvalue weighted by Gasteiger charge is 2.40. The predicted molar refractivity (Wildman–Crippen MR) is 74.5 cm³/mol. The van der Waals surface area contributed by atoms with Gasteiger partial charge in [-0.05, 0) is 26.7 Å². The van der Waals surface area contributed by atoms with Gasteiger partial charge in [-0.3, -0.25) is 4.79 Å². The van der Waals surface area contributed by atoms with E-state index >= 15 is 0 Å². The molecule has 0 saturated heterocycles. The third-order valence-corrected chi connectivity index (χ3v) is 6.39. The second kappa shape index (κ2) is 5.79. The number of hydrogen-bond acceptors (Lipinski definition) is 4. The third kappa shape index (κ3) is 3.69. The molecular weight excluding hydrogens is 266 g/mol. The zero-order valence-electron chi connectivity index (χ0n) is 12.0. The van der Waals surface area contributed by atoms with Crippen molar-refractivity contribution >= 4 is 15.7 Å². The molecule has 0 atom stereocenters. The van der Waals surface area contributed by atoms with E-state index in [-0.39, 0.29) is 12.0 Å². The lowest BCUT2D eigenvalue weighted by atomic mass is 9.74. The van der Waals surface area contributed by atoms with Crippen LogP contribution in [-0.2, 0) is 14.6 Å². The van der Waals surface area contributed by atoms with Gasteiger partial charge in [-0.1, -0.05) is 19.3 Å². The van der Waals surface area contributed by atoms with E-state index in [0.717, 1.165) is 38.4 Å². The molecule has 19 heavy (non-hydrogen) atoms. The van der Waals surface area contributed by atoms with E-state index in [1.165, 1.54) is 13.8 Å². The molecule has 1 saturated carbocycles. The molecule has 112 valence electrons. The molecule has 0 aliphatic heterocycles. The number of rotatable bonds is 5. The fourth-order valence-electron chi connectivity index (χ4n) is 2.34. The highest BCUT2D eigenvalue weighted by molar-refractivity contribution is 7.92. The van der Waals surface area contributed by atoms with Crippen molar-refractivity contribution in [3.63, 3.8) is 0 Å². The van der Waals surface area contributed by atoms with Crippen LogP contribution in [0, 0.1) is 5.41 Å². The quantitative estimate of drug-likeness (QED) is 0.787. The molecule has 1 aliphatic rings. The Balaban J connectivity index is 2.68. The van der Waals surface area contributed by atoms with Gasteiger partial charge in [-0.2, -0.15) is 0 Å². The van der Waals surface area contributed by atoms with E-state index < -0.39 is 20.5 Å². The molecule has 1 amide bonds. The first-order chi connectivity index (χ1) is 8.65. The summed E-state index contributed by atoms with van der Waals surface area (Å²) in [7, 11) is -3.46. The summed E-state index contributed by atoms with van der Waals surface area (Å²) >= 11 is 0. The smallest absolute Gasteiger partial charge is 0.240 e. The molecule has 2 N–H and O–H groups in total. The molecule has 0 aromatic carbocycles. The van der Waals surface area contributed by atoms with Crippen LogP contribution in [0.1, 0.15) is 46.0 Å². The van der Waals surface area contributed by atoms with E-state index in [2.05, 4.69) is 5.32 Å². The van der Waals surface area contributed by atoms with Gasteiger partial charge in [0.25, 0.3) is 0 Å². The second-order valence-electron chi connectivity index (χ2n) is 6.18. The van der Waals surface area contributed by atoms with Crippen molar-refractivity contribution in [2.45, 2.75) is 50.7 Å². The zero-order chi connectivity index (χ0) is 14.7. The zero-order valence-corrected chi connectivity index (χ0v) is 12.8. The summed E-state index contributed by atoms with van der Waals surface area (Å²) < 4.78 is 21.7. The van der Waals surface area contributed by atoms with Crippen LogP contribution in [-0.4, -0.2) is 43.6 Å². The van der Waals surface area contributed by atoms with Crippen LogP contribution >= 0.6 is 0 Å². The van der Waals surface area contributed by atoms with Crippen LogP contribution in [0.15, 0.2) is 0 Å². The maximum atomic E-state index is 12.0. The molecule has 1 rings (SSSR count). The van der Waals surface area contributed by atoms with Crippen LogP contribution in [0.3, 0.4) is 0 Å². The van der Waals surface area contributed by atoms with Gasteiger partial charge in [0, 0.05) is 18.2 Å². The standard InChI is InChI=1S/C13H25NO4S/c1-12(2,19(3,17)18)11(16)14-9-13(10-15)7-5-4-6-8-13/h15H,4-10H2,1-3H3,(H,14,16). The first-order valence-corrected chi connectivity index (χ1v) is 8.63. The molecule has 0 unspecified atom stereocenters. The first kappa shape index (κ1) is 16.4. The largest absolute Gasteiger partial charge is 0.396 e. The van der Waals surface area contributed by atoms with Gasteiger partial charge >= 0.3 is 0 Å². The highest BCUT2D eigenvalue weighted by atomic mass is 32.2. The minimum atomic E-state index is -3.46. The maximum absolute atomic E-state index is 12.0. The van der Waals surface area contributed by atoms with Crippen molar-refractivity contribution in [1.29, 1.82) is 0 Å². The monoisotopic (exact) mass is 291 g/mol. The molecular formula is C13H25NO4S. The molecule has 0 bridgehead atoms. The fourth-order valence-corrected chi connectivity index (χ4v) is 2.75. The Labute approximate surface area is 115 Å². The van der Waals surface area contributed by atoms with Crippen molar-refractivity contribution in [3.05, 3.63) is 0 Å². The number of hydrogen-bond donors (Lipinski definition) is 2. The lowest BCUT2D eigenvalue weighted by Crippen LogP contribution is -2.51. The molecule has 1 fully saturated rings. The average molecular weight is 291 g/mol. The van der Waals surface area contributed by atoms with Crippen LogP contribution in [0.25, 0.3) is 0 Å². The normalized spacial score (nSPS) is 20.0. The lowest BCUT2D eigenvalue weighted by Gasteiger charge is -2.36. The first-order valence-electron chi connectivity index (χ1n) is 6.73. The number of sulfone groups is 1. The van der Waals surface area contributed by atoms with Gasteiger partial charge in [0.05, 0.1) is 6.61 Å². The number of aliphatic hydroxyl groups is 1. The topological polar surface area (TPSA) is 83.5 Å². The summed E-state index contributed by atoms with van der Waals surface area (Å²) in [5, 5.41) is 12.3. The Kier molecular flexibility index (Phi) is 5.01. The van der Waals surface area contributed by atoms with Gasteiger partial charge in [0.1, 0.15) is 4.75 Å². The van der Waals surface area contributed by atoms with Crippen molar-refractivity contribution < 1.29 is 18.3 Å². The van der Waals surface area contributed by atoms with Crippen LogP contribution in [0.4, 0.5) is 0 Å². The molecule has 6 heteroatoms. The van der Waals surface area contributed by atoms with E-state index in [4.69, 9.17) is 0 Å². The van der Waals surface area contributed by atoms with Crippen molar-refractivity contribution in [1.82, 2.24) is 5.32 Å². The average Bonchev–Trinajstić information content (AvgIpc) is 2.35. The summed E-state index contributed by atoms with van der Waals surface area (Å²) in [5.74, 6) is -0.492. The molecule has 0 heterocycles. The summed E-state index contributed by atoms with van der Waals surface area (Å²) in [6.45, 7) is 3.20. The molecule has 0 spiro atoms. The predicted octanol–water partition coefficient (Wildman–Crippen LogP) is 0.869. The van der Waals surface area contributed by atoms with Crippen molar-refractivity contribution in [2.24, 2.45) is 5.41 Å². The minimum absolute atomic E-state index is 0.0343.